The Balaban J connectivity index is 1.91. The van der Waals surface area contributed by atoms with E-state index in [4.69, 9.17) is 4.42 Å². The van der Waals surface area contributed by atoms with Gasteiger partial charge in [0.15, 0.2) is 11.3 Å². The Kier molecular flexibility index (Phi) is 3.82. The number of furan rings is 1. The van der Waals surface area contributed by atoms with Gasteiger partial charge < -0.3 is 9.15 Å². The summed E-state index contributed by atoms with van der Waals surface area (Å²) in [5.41, 5.74) is 1.40. The van der Waals surface area contributed by atoms with Gasteiger partial charge in [-0.2, -0.15) is 8.78 Å². The third-order valence-corrected chi connectivity index (χ3v) is 4.58. The summed E-state index contributed by atoms with van der Waals surface area (Å²) in [5.74, 6) is -0.905. The Bertz CT molecular complexity index is 1030. The predicted octanol–water partition coefficient (Wildman–Crippen LogP) is 3.44. The van der Waals surface area contributed by atoms with Crippen molar-refractivity contribution in [2.24, 2.45) is 0 Å². The maximum absolute atomic E-state index is 12.7. The standard InChI is InChI=1S/C18H14F2N2O4/c1-9(23)22-8-10(6-15(22)24)11-2-3-14(26-18(19)20)17-16(11)12-7-21-5-4-13(12)25-17/h2-5,7,10,18H,6,8H2,1H3. The highest BCUT2D eigenvalue weighted by Gasteiger charge is 2.35. The molecule has 6 nitrogen and oxygen atoms in total. The first-order valence-corrected chi connectivity index (χ1v) is 8.00. The summed E-state index contributed by atoms with van der Waals surface area (Å²) < 4.78 is 35.8. The van der Waals surface area contributed by atoms with Crippen LogP contribution in [0.15, 0.2) is 35.0 Å². The second-order valence-electron chi connectivity index (χ2n) is 6.13. The maximum atomic E-state index is 12.7. The fraction of sp³-hybridized carbons (Fsp3) is 0.278. The first-order chi connectivity index (χ1) is 12.5. The molecule has 1 fully saturated rings. The third-order valence-electron chi connectivity index (χ3n) is 4.58. The zero-order valence-corrected chi connectivity index (χ0v) is 13.7. The number of halogens is 2. The number of nitrogens with zero attached hydrogens (tertiary/aromatic N) is 2. The van der Waals surface area contributed by atoms with Gasteiger partial charge in [-0.25, -0.2) is 0 Å². The Morgan fingerprint density at radius 3 is 2.88 bits per heavy atom. The number of hydrogen-bond acceptors (Lipinski definition) is 5. The SMILES string of the molecule is CC(=O)N1CC(c2ccc(OC(F)F)c3oc4ccncc4c23)CC1=O. The molecule has 1 aliphatic rings. The Hall–Kier alpha value is -3.03. The molecule has 1 atom stereocenters. The van der Waals surface area contributed by atoms with Crippen LogP contribution in [0.2, 0.25) is 0 Å². The van der Waals surface area contributed by atoms with Gasteiger partial charge in [0.2, 0.25) is 11.8 Å². The minimum absolute atomic E-state index is 0.0808. The van der Waals surface area contributed by atoms with Crippen molar-refractivity contribution in [1.29, 1.82) is 0 Å². The average molecular weight is 360 g/mol. The van der Waals surface area contributed by atoms with Crippen LogP contribution in [0, 0.1) is 0 Å². The second-order valence-corrected chi connectivity index (χ2v) is 6.13. The zero-order chi connectivity index (χ0) is 18.4. The molecule has 1 unspecified atom stereocenters. The molecule has 0 radical (unpaired) electrons. The lowest BCUT2D eigenvalue weighted by Gasteiger charge is -2.14. The summed E-state index contributed by atoms with van der Waals surface area (Å²) >= 11 is 0. The van der Waals surface area contributed by atoms with Crippen LogP contribution in [0.5, 0.6) is 5.75 Å². The van der Waals surface area contributed by atoms with Gasteiger partial charge in [0.25, 0.3) is 0 Å². The van der Waals surface area contributed by atoms with Crippen LogP contribution in [-0.4, -0.2) is 34.9 Å². The molecular weight excluding hydrogens is 346 g/mol. The van der Waals surface area contributed by atoms with E-state index in [-0.39, 0.29) is 42.0 Å². The molecule has 4 rings (SSSR count). The number of amides is 2. The molecule has 0 N–H and O–H groups in total. The van der Waals surface area contributed by atoms with Crippen LogP contribution in [0.25, 0.3) is 21.9 Å². The molecule has 0 aliphatic carbocycles. The number of aromatic nitrogens is 1. The summed E-state index contributed by atoms with van der Waals surface area (Å²) in [7, 11) is 0. The molecule has 2 aromatic heterocycles. The van der Waals surface area contributed by atoms with E-state index in [1.54, 1.807) is 18.3 Å². The lowest BCUT2D eigenvalue weighted by Crippen LogP contribution is -2.29. The van der Waals surface area contributed by atoms with Gasteiger partial charge in [-0.1, -0.05) is 6.07 Å². The van der Waals surface area contributed by atoms with E-state index in [1.165, 1.54) is 24.1 Å². The molecule has 1 aliphatic heterocycles. The summed E-state index contributed by atoms with van der Waals surface area (Å²) in [6.07, 6.45) is 3.28. The molecule has 0 bridgehead atoms. The molecule has 0 saturated carbocycles. The van der Waals surface area contributed by atoms with Crippen molar-refractivity contribution in [3.63, 3.8) is 0 Å². The van der Waals surface area contributed by atoms with E-state index >= 15 is 0 Å². The number of ether oxygens (including phenoxy) is 1. The second kappa shape index (κ2) is 6.05. The highest BCUT2D eigenvalue weighted by Crippen LogP contribution is 2.42. The number of imide groups is 1. The summed E-state index contributed by atoms with van der Waals surface area (Å²) in [5, 5.41) is 1.22. The van der Waals surface area contributed by atoms with Gasteiger partial charge >= 0.3 is 6.61 Å². The van der Waals surface area contributed by atoms with Crippen LogP contribution in [0.4, 0.5) is 8.78 Å². The number of carbonyl (C=O) groups is 2. The van der Waals surface area contributed by atoms with Crippen molar-refractivity contribution in [2.45, 2.75) is 25.9 Å². The monoisotopic (exact) mass is 360 g/mol. The van der Waals surface area contributed by atoms with E-state index < -0.39 is 6.61 Å². The van der Waals surface area contributed by atoms with Crippen LogP contribution in [0.3, 0.4) is 0 Å². The quantitative estimate of drug-likeness (QED) is 0.715. The number of rotatable bonds is 3. The Labute approximate surface area is 146 Å². The Morgan fingerprint density at radius 1 is 1.38 bits per heavy atom. The largest absolute Gasteiger partial charge is 0.452 e. The van der Waals surface area contributed by atoms with Gasteiger partial charge in [0.05, 0.1) is 0 Å². The fourth-order valence-electron chi connectivity index (χ4n) is 3.48. The molecule has 0 spiro atoms. The van der Waals surface area contributed by atoms with Gasteiger partial charge in [-0.05, 0) is 17.7 Å². The number of carbonyl (C=O) groups excluding carboxylic acids is 2. The van der Waals surface area contributed by atoms with Crippen LogP contribution in [0.1, 0.15) is 24.8 Å². The molecule has 1 aromatic carbocycles. The highest BCUT2D eigenvalue weighted by atomic mass is 19.3. The van der Waals surface area contributed by atoms with E-state index in [1.807, 2.05) is 0 Å². The van der Waals surface area contributed by atoms with E-state index in [9.17, 15) is 18.4 Å². The van der Waals surface area contributed by atoms with Crippen LogP contribution in [-0.2, 0) is 9.59 Å². The third kappa shape index (κ3) is 2.58. The van der Waals surface area contributed by atoms with Crippen LogP contribution >= 0.6 is 0 Å². The number of benzene rings is 1. The number of pyridine rings is 1. The van der Waals surface area contributed by atoms with E-state index in [0.717, 1.165) is 5.56 Å². The van der Waals surface area contributed by atoms with Gasteiger partial charge in [-0.15, -0.1) is 0 Å². The number of likely N-dealkylation sites (tertiary alicyclic amines) is 1. The lowest BCUT2D eigenvalue weighted by molar-refractivity contribution is -0.140. The lowest BCUT2D eigenvalue weighted by atomic mass is 9.93. The summed E-state index contributed by atoms with van der Waals surface area (Å²) in [4.78, 5) is 29.0. The molecule has 2 amide bonds. The van der Waals surface area contributed by atoms with Gasteiger partial charge in [0, 0.05) is 49.0 Å². The summed E-state index contributed by atoms with van der Waals surface area (Å²) in [6, 6.07) is 4.68. The predicted molar refractivity (Wildman–Crippen MR) is 87.9 cm³/mol. The van der Waals surface area contributed by atoms with Crippen molar-refractivity contribution >= 4 is 33.8 Å². The van der Waals surface area contributed by atoms with E-state index in [0.29, 0.717) is 16.4 Å². The number of fused-ring (bicyclic) bond motifs is 3. The molecular formula is C18H14F2N2O4. The molecule has 26 heavy (non-hydrogen) atoms. The normalized spacial score (nSPS) is 17.6. The van der Waals surface area contributed by atoms with Crippen molar-refractivity contribution < 1.29 is 27.5 Å². The molecule has 3 aromatic rings. The van der Waals surface area contributed by atoms with Crippen molar-refractivity contribution in [3.05, 3.63) is 36.2 Å². The molecule has 3 heterocycles. The van der Waals surface area contributed by atoms with Gasteiger partial charge in [0.1, 0.15) is 5.58 Å². The fourth-order valence-corrected chi connectivity index (χ4v) is 3.48. The van der Waals surface area contributed by atoms with Crippen molar-refractivity contribution in [3.8, 4) is 5.75 Å². The van der Waals surface area contributed by atoms with E-state index in [2.05, 4.69) is 9.72 Å². The molecule has 134 valence electrons. The average Bonchev–Trinajstić information content (AvgIpc) is 3.16. The summed E-state index contributed by atoms with van der Waals surface area (Å²) in [6.45, 7) is -1.41. The Morgan fingerprint density at radius 2 is 2.19 bits per heavy atom. The van der Waals surface area contributed by atoms with Crippen LogP contribution < -0.4 is 4.74 Å². The number of alkyl halides is 2. The minimum Gasteiger partial charge on any atom is -0.452 e. The first kappa shape index (κ1) is 16.4. The van der Waals surface area contributed by atoms with Gasteiger partial charge in [-0.3, -0.25) is 19.5 Å². The highest BCUT2D eigenvalue weighted by molar-refractivity contribution is 6.09. The molecule has 8 heteroatoms. The maximum Gasteiger partial charge on any atom is 0.387 e. The first-order valence-electron chi connectivity index (χ1n) is 8.00. The van der Waals surface area contributed by atoms with Crippen molar-refractivity contribution in [2.75, 3.05) is 6.54 Å². The zero-order valence-electron chi connectivity index (χ0n) is 13.7. The topological polar surface area (TPSA) is 72.6 Å². The van der Waals surface area contributed by atoms with Crippen molar-refractivity contribution in [1.82, 2.24) is 9.88 Å². The molecule has 1 saturated heterocycles. The minimum atomic E-state index is -2.99. The smallest absolute Gasteiger partial charge is 0.387 e. The number of hydrogen-bond donors (Lipinski definition) is 0.